The molecule has 0 aromatic carbocycles. The quantitative estimate of drug-likeness (QED) is 0.819. The lowest BCUT2D eigenvalue weighted by molar-refractivity contribution is -0.123. The molecule has 0 aromatic rings. The van der Waals surface area contributed by atoms with E-state index >= 15 is 0 Å². The predicted octanol–water partition coefficient (Wildman–Crippen LogP) is 3.09. The number of hydrogen-bond donors (Lipinski definition) is 2. The summed E-state index contributed by atoms with van der Waals surface area (Å²) in [6, 6.07) is 0.908. The molecule has 20 heavy (non-hydrogen) atoms. The third kappa shape index (κ3) is 4.96. The zero-order valence-corrected chi connectivity index (χ0v) is 13.8. The minimum Gasteiger partial charge on any atom is -0.352 e. The van der Waals surface area contributed by atoms with Gasteiger partial charge >= 0.3 is 0 Å². The van der Waals surface area contributed by atoms with Crippen LogP contribution in [0.3, 0.4) is 0 Å². The van der Waals surface area contributed by atoms with Gasteiger partial charge in [-0.1, -0.05) is 19.3 Å². The van der Waals surface area contributed by atoms with Crippen LogP contribution in [0.2, 0.25) is 0 Å². The van der Waals surface area contributed by atoms with Crippen molar-refractivity contribution in [3.8, 4) is 0 Å². The summed E-state index contributed by atoms with van der Waals surface area (Å²) in [7, 11) is 0. The van der Waals surface area contributed by atoms with E-state index in [2.05, 4.69) is 16.9 Å². The van der Waals surface area contributed by atoms with Crippen LogP contribution in [-0.4, -0.2) is 35.5 Å². The Morgan fingerprint density at radius 2 is 1.65 bits per heavy atom. The Kier molecular flexibility index (Phi) is 6.69. The van der Waals surface area contributed by atoms with Crippen molar-refractivity contribution in [2.75, 3.05) is 6.26 Å². The third-order valence-corrected chi connectivity index (χ3v) is 5.98. The molecule has 0 aromatic heterocycles. The van der Waals surface area contributed by atoms with E-state index in [1.807, 2.05) is 18.7 Å². The van der Waals surface area contributed by atoms with Gasteiger partial charge in [-0.15, -0.1) is 0 Å². The van der Waals surface area contributed by atoms with Crippen LogP contribution < -0.4 is 10.6 Å². The molecular weight excluding hydrogens is 268 g/mol. The van der Waals surface area contributed by atoms with Gasteiger partial charge in [0.15, 0.2) is 0 Å². The highest BCUT2D eigenvalue weighted by Crippen LogP contribution is 2.27. The SMILES string of the molecule is CSC1CCC(NC(C)C(=O)NC2CCCCC2)CC1. The normalized spacial score (nSPS) is 29.9. The number of rotatable bonds is 5. The number of thioether (sulfide) groups is 1. The second kappa shape index (κ2) is 8.28. The molecule has 4 heteroatoms. The summed E-state index contributed by atoms with van der Waals surface area (Å²) in [6.07, 6.45) is 13.4. The van der Waals surface area contributed by atoms with Crippen LogP contribution >= 0.6 is 11.8 Å². The summed E-state index contributed by atoms with van der Waals surface area (Å²) in [5.74, 6) is 0.198. The maximum Gasteiger partial charge on any atom is 0.237 e. The fraction of sp³-hybridized carbons (Fsp3) is 0.938. The Hall–Kier alpha value is -0.220. The fourth-order valence-electron chi connectivity index (χ4n) is 3.47. The number of carbonyl (C=O) groups excluding carboxylic acids is 1. The minimum atomic E-state index is -0.0484. The van der Waals surface area contributed by atoms with Crippen molar-refractivity contribution >= 4 is 17.7 Å². The first-order valence-electron chi connectivity index (χ1n) is 8.28. The van der Waals surface area contributed by atoms with E-state index in [0.29, 0.717) is 12.1 Å². The summed E-state index contributed by atoms with van der Waals surface area (Å²) in [5, 5.41) is 7.59. The molecule has 1 atom stereocenters. The molecule has 2 saturated carbocycles. The Bertz CT molecular complexity index is 297. The molecule has 3 nitrogen and oxygen atoms in total. The van der Waals surface area contributed by atoms with Crippen LogP contribution in [0.25, 0.3) is 0 Å². The van der Waals surface area contributed by atoms with Crippen molar-refractivity contribution in [2.45, 2.75) is 88.1 Å². The summed E-state index contributed by atoms with van der Waals surface area (Å²) in [4.78, 5) is 12.2. The van der Waals surface area contributed by atoms with Gasteiger partial charge in [-0.2, -0.15) is 11.8 Å². The van der Waals surface area contributed by atoms with Crippen LogP contribution in [0.1, 0.15) is 64.7 Å². The summed E-state index contributed by atoms with van der Waals surface area (Å²) >= 11 is 1.99. The number of carbonyl (C=O) groups is 1. The Morgan fingerprint density at radius 3 is 2.25 bits per heavy atom. The van der Waals surface area contributed by atoms with Crippen molar-refractivity contribution in [1.29, 1.82) is 0 Å². The zero-order valence-electron chi connectivity index (χ0n) is 13.0. The molecule has 0 bridgehead atoms. The van der Waals surface area contributed by atoms with E-state index in [-0.39, 0.29) is 11.9 Å². The molecule has 0 radical (unpaired) electrons. The first kappa shape index (κ1) is 16.2. The first-order valence-corrected chi connectivity index (χ1v) is 9.57. The average Bonchev–Trinajstić information content (AvgIpc) is 2.49. The maximum absolute atomic E-state index is 12.2. The van der Waals surface area contributed by atoms with E-state index in [4.69, 9.17) is 0 Å². The van der Waals surface area contributed by atoms with Crippen molar-refractivity contribution in [1.82, 2.24) is 10.6 Å². The molecule has 2 aliphatic carbocycles. The molecule has 2 rings (SSSR count). The fourth-order valence-corrected chi connectivity index (χ4v) is 4.21. The lowest BCUT2D eigenvalue weighted by Gasteiger charge is -2.31. The molecule has 116 valence electrons. The monoisotopic (exact) mass is 298 g/mol. The van der Waals surface area contributed by atoms with E-state index in [1.54, 1.807) is 0 Å². The van der Waals surface area contributed by atoms with Crippen molar-refractivity contribution in [3.63, 3.8) is 0 Å². The maximum atomic E-state index is 12.2. The summed E-state index contributed by atoms with van der Waals surface area (Å²) in [5.41, 5.74) is 0. The molecule has 2 aliphatic rings. The molecular formula is C16H30N2OS. The van der Waals surface area contributed by atoms with Crippen LogP contribution in [0.15, 0.2) is 0 Å². The topological polar surface area (TPSA) is 41.1 Å². The van der Waals surface area contributed by atoms with Gasteiger partial charge in [-0.25, -0.2) is 0 Å². The van der Waals surface area contributed by atoms with Crippen molar-refractivity contribution < 1.29 is 4.79 Å². The van der Waals surface area contributed by atoms with Gasteiger partial charge in [0.05, 0.1) is 6.04 Å². The number of nitrogens with one attached hydrogen (secondary N) is 2. The molecule has 1 unspecified atom stereocenters. The van der Waals surface area contributed by atoms with Gasteiger partial charge < -0.3 is 10.6 Å². The number of hydrogen-bond acceptors (Lipinski definition) is 3. The second-order valence-electron chi connectivity index (χ2n) is 6.44. The molecule has 2 N–H and O–H groups in total. The Balaban J connectivity index is 1.68. The molecule has 0 spiro atoms. The van der Waals surface area contributed by atoms with E-state index in [1.165, 1.54) is 44.9 Å². The van der Waals surface area contributed by atoms with Gasteiger partial charge in [0.2, 0.25) is 5.91 Å². The first-order chi connectivity index (χ1) is 9.69. The van der Waals surface area contributed by atoms with Gasteiger partial charge in [0.1, 0.15) is 0 Å². The highest BCUT2D eigenvalue weighted by Gasteiger charge is 2.25. The van der Waals surface area contributed by atoms with Gasteiger partial charge in [0.25, 0.3) is 0 Å². The predicted molar refractivity (Wildman–Crippen MR) is 87.2 cm³/mol. The summed E-state index contributed by atoms with van der Waals surface area (Å²) in [6.45, 7) is 2.01. The van der Waals surface area contributed by atoms with E-state index in [0.717, 1.165) is 18.1 Å². The third-order valence-electron chi connectivity index (χ3n) is 4.84. The largest absolute Gasteiger partial charge is 0.352 e. The van der Waals surface area contributed by atoms with Crippen molar-refractivity contribution in [2.24, 2.45) is 0 Å². The van der Waals surface area contributed by atoms with Crippen LogP contribution in [0, 0.1) is 0 Å². The zero-order chi connectivity index (χ0) is 14.4. The smallest absolute Gasteiger partial charge is 0.237 e. The number of amides is 1. The van der Waals surface area contributed by atoms with Crippen LogP contribution in [0.4, 0.5) is 0 Å². The van der Waals surface area contributed by atoms with E-state index in [9.17, 15) is 4.79 Å². The Morgan fingerprint density at radius 1 is 1.00 bits per heavy atom. The molecule has 2 fully saturated rings. The molecule has 0 saturated heterocycles. The second-order valence-corrected chi connectivity index (χ2v) is 7.58. The van der Waals surface area contributed by atoms with Gasteiger partial charge in [-0.3, -0.25) is 4.79 Å². The lowest BCUT2D eigenvalue weighted by Crippen LogP contribution is -2.50. The molecule has 1 amide bonds. The molecule has 0 aliphatic heterocycles. The van der Waals surface area contributed by atoms with Gasteiger partial charge in [0, 0.05) is 17.3 Å². The Labute approximate surface area is 128 Å². The minimum absolute atomic E-state index is 0.0484. The van der Waals surface area contributed by atoms with Crippen molar-refractivity contribution in [3.05, 3.63) is 0 Å². The van der Waals surface area contributed by atoms with Crippen LogP contribution in [0.5, 0.6) is 0 Å². The highest BCUT2D eigenvalue weighted by molar-refractivity contribution is 7.99. The highest BCUT2D eigenvalue weighted by atomic mass is 32.2. The summed E-state index contributed by atoms with van der Waals surface area (Å²) < 4.78 is 0. The van der Waals surface area contributed by atoms with Crippen LogP contribution in [-0.2, 0) is 4.79 Å². The van der Waals surface area contributed by atoms with E-state index < -0.39 is 0 Å². The standard InChI is InChI=1S/C16H30N2OS/c1-12(16(19)18-13-6-4-3-5-7-13)17-14-8-10-15(20-2)11-9-14/h12-15,17H,3-11H2,1-2H3,(H,18,19). The lowest BCUT2D eigenvalue weighted by atomic mass is 9.94. The molecule has 0 heterocycles. The van der Waals surface area contributed by atoms with Gasteiger partial charge in [-0.05, 0) is 51.7 Å². The average molecular weight is 298 g/mol.